The van der Waals surface area contributed by atoms with Gasteiger partial charge in [-0.05, 0) is 24.0 Å². The highest BCUT2D eigenvalue weighted by Crippen LogP contribution is 2.56. The molecule has 0 spiro atoms. The second-order valence-electron chi connectivity index (χ2n) is 3.87. The lowest BCUT2D eigenvalue weighted by atomic mass is 9.94. The molecule has 1 aromatic carbocycles. The zero-order chi connectivity index (χ0) is 10.2. The molecule has 2 heteroatoms. The van der Waals surface area contributed by atoms with Gasteiger partial charge in [0.2, 0.25) is 0 Å². The van der Waals surface area contributed by atoms with E-state index in [9.17, 15) is 5.26 Å². The first-order valence-corrected chi connectivity index (χ1v) is 5.28. The van der Waals surface area contributed by atoms with E-state index < -0.39 is 0 Å². The van der Waals surface area contributed by atoms with Gasteiger partial charge in [-0.3, -0.25) is 0 Å². The summed E-state index contributed by atoms with van der Waals surface area (Å²) in [5.41, 5.74) is 0.726. The molecule has 0 aliphatic heterocycles. The highest BCUT2D eigenvalue weighted by molar-refractivity contribution is 6.31. The van der Waals surface area contributed by atoms with E-state index in [1.165, 1.54) is 0 Å². The van der Waals surface area contributed by atoms with E-state index in [1.807, 2.05) is 24.3 Å². The fraction of sp³-hybridized carbons (Fsp3) is 0.417. The molecule has 0 radical (unpaired) electrons. The molecule has 2 atom stereocenters. The monoisotopic (exact) mass is 205 g/mol. The lowest BCUT2D eigenvalue weighted by Crippen LogP contribution is -2.07. The Morgan fingerprint density at radius 2 is 2.29 bits per heavy atom. The van der Waals surface area contributed by atoms with Gasteiger partial charge < -0.3 is 0 Å². The van der Waals surface area contributed by atoms with Crippen LogP contribution in [0.25, 0.3) is 0 Å². The van der Waals surface area contributed by atoms with Crippen LogP contribution in [0.15, 0.2) is 24.3 Å². The van der Waals surface area contributed by atoms with Gasteiger partial charge in [-0.15, -0.1) is 0 Å². The molecule has 0 bridgehead atoms. The zero-order valence-corrected chi connectivity index (χ0v) is 8.88. The van der Waals surface area contributed by atoms with Crippen molar-refractivity contribution in [2.24, 2.45) is 5.92 Å². The molecule has 1 aromatic rings. The number of benzene rings is 1. The van der Waals surface area contributed by atoms with Crippen LogP contribution in [0.5, 0.6) is 0 Å². The van der Waals surface area contributed by atoms with Gasteiger partial charge in [0.25, 0.3) is 0 Å². The summed E-state index contributed by atoms with van der Waals surface area (Å²) in [4.78, 5) is 0. The highest BCUT2D eigenvalue weighted by atomic mass is 35.5. The molecule has 0 aromatic heterocycles. The summed E-state index contributed by atoms with van der Waals surface area (Å²) >= 11 is 6.10. The van der Waals surface area contributed by atoms with Crippen LogP contribution in [0.4, 0.5) is 0 Å². The number of rotatable bonds is 2. The smallest absolute Gasteiger partial charge is 0.0868 e. The van der Waals surface area contributed by atoms with E-state index in [0.717, 1.165) is 23.4 Å². The lowest BCUT2D eigenvalue weighted by molar-refractivity contribution is 0.701. The second-order valence-corrected chi connectivity index (χ2v) is 4.28. The van der Waals surface area contributed by atoms with Gasteiger partial charge >= 0.3 is 0 Å². The van der Waals surface area contributed by atoms with Gasteiger partial charge in [0, 0.05) is 5.02 Å². The topological polar surface area (TPSA) is 23.8 Å². The molecule has 1 aliphatic rings. The van der Waals surface area contributed by atoms with Crippen molar-refractivity contribution in [3.63, 3.8) is 0 Å². The average Bonchev–Trinajstić information content (AvgIpc) is 2.93. The van der Waals surface area contributed by atoms with E-state index in [2.05, 4.69) is 13.0 Å². The minimum atomic E-state index is -0.285. The maximum absolute atomic E-state index is 9.23. The first kappa shape index (κ1) is 9.55. The fourth-order valence-electron chi connectivity index (χ4n) is 2.17. The van der Waals surface area contributed by atoms with Crippen molar-refractivity contribution in [2.45, 2.75) is 25.2 Å². The van der Waals surface area contributed by atoms with E-state index >= 15 is 0 Å². The fourth-order valence-corrected chi connectivity index (χ4v) is 2.48. The van der Waals surface area contributed by atoms with Crippen molar-refractivity contribution in [2.75, 3.05) is 0 Å². The Balaban J connectivity index is 2.41. The minimum Gasteiger partial charge on any atom is -0.197 e. The Kier molecular flexibility index (Phi) is 2.25. The van der Waals surface area contributed by atoms with Crippen LogP contribution < -0.4 is 0 Å². The van der Waals surface area contributed by atoms with Crippen LogP contribution in [-0.4, -0.2) is 0 Å². The first-order chi connectivity index (χ1) is 6.74. The Morgan fingerprint density at radius 1 is 1.57 bits per heavy atom. The summed E-state index contributed by atoms with van der Waals surface area (Å²) in [5.74, 6) is 0.493. The van der Waals surface area contributed by atoms with Crippen LogP contribution in [0.3, 0.4) is 0 Å². The quantitative estimate of drug-likeness (QED) is 0.725. The van der Waals surface area contributed by atoms with Gasteiger partial charge in [-0.2, -0.15) is 5.26 Å². The van der Waals surface area contributed by atoms with Crippen LogP contribution in [-0.2, 0) is 5.41 Å². The van der Waals surface area contributed by atoms with Crippen molar-refractivity contribution >= 4 is 11.6 Å². The summed E-state index contributed by atoms with van der Waals surface area (Å²) < 4.78 is 0. The van der Waals surface area contributed by atoms with Crippen molar-refractivity contribution in [3.8, 4) is 6.07 Å². The molecule has 0 heterocycles. The highest BCUT2D eigenvalue weighted by Gasteiger charge is 2.55. The van der Waals surface area contributed by atoms with E-state index in [1.54, 1.807) is 0 Å². The van der Waals surface area contributed by atoms with E-state index in [-0.39, 0.29) is 5.41 Å². The molecule has 1 nitrogen and oxygen atoms in total. The third-order valence-electron chi connectivity index (χ3n) is 3.15. The Morgan fingerprint density at radius 3 is 2.79 bits per heavy atom. The van der Waals surface area contributed by atoms with Crippen LogP contribution in [0.1, 0.15) is 25.3 Å². The van der Waals surface area contributed by atoms with Gasteiger partial charge in [-0.25, -0.2) is 0 Å². The predicted octanol–water partition coefficient (Wildman–Crippen LogP) is 3.53. The number of hydrogen-bond donors (Lipinski definition) is 0. The normalized spacial score (nSPS) is 29.6. The van der Waals surface area contributed by atoms with Crippen molar-refractivity contribution in [3.05, 3.63) is 34.9 Å². The molecule has 14 heavy (non-hydrogen) atoms. The molecule has 0 saturated heterocycles. The third kappa shape index (κ3) is 1.22. The molecule has 2 rings (SSSR count). The number of nitriles is 1. The number of nitrogens with zero attached hydrogens (tertiary/aromatic N) is 1. The SMILES string of the molecule is CCC1CC1(C#N)c1ccccc1Cl. The Hall–Kier alpha value is -1.00. The summed E-state index contributed by atoms with van der Waals surface area (Å²) in [5, 5.41) is 9.95. The summed E-state index contributed by atoms with van der Waals surface area (Å²) in [6.07, 6.45) is 2.02. The Labute approximate surface area is 89.3 Å². The minimum absolute atomic E-state index is 0.285. The Bertz CT molecular complexity index is 394. The van der Waals surface area contributed by atoms with Crippen molar-refractivity contribution in [1.29, 1.82) is 5.26 Å². The summed E-state index contributed by atoms with van der Waals surface area (Å²) in [6.45, 7) is 2.13. The van der Waals surface area contributed by atoms with Crippen molar-refractivity contribution in [1.82, 2.24) is 0 Å². The van der Waals surface area contributed by atoms with Crippen molar-refractivity contribution < 1.29 is 0 Å². The second kappa shape index (κ2) is 3.29. The van der Waals surface area contributed by atoms with Gasteiger partial charge in [0.05, 0.1) is 11.5 Å². The third-order valence-corrected chi connectivity index (χ3v) is 3.48. The average molecular weight is 206 g/mol. The molecule has 72 valence electrons. The first-order valence-electron chi connectivity index (χ1n) is 4.91. The predicted molar refractivity (Wildman–Crippen MR) is 57.1 cm³/mol. The van der Waals surface area contributed by atoms with Gasteiger partial charge in [-0.1, -0.05) is 43.1 Å². The van der Waals surface area contributed by atoms with Gasteiger partial charge in [0.15, 0.2) is 0 Å². The molecule has 1 aliphatic carbocycles. The molecular weight excluding hydrogens is 194 g/mol. The van der Waals surface area contributed by atoms with E-state index in [4.69, 9.17) is 11.6 Å². The molecule has 1 fully saturated rings. The molecule has 1 saturated carbocycles. The maximum atomic E-state index is 9.23. The van der Waals surface area contributed by atoms with Crippen LogP contribution in [0.2, 0.25) is 5.02 Å². The van der Waals surface area contributed by atoms with Crippen LogP contribution >= 0.6 is 11.6 Å². The number of hydrogen-bond acceptors (Lipinski definition) is 1. The molecule has 0 amide bonds. The summed E-state index contributed by atoms with van der Waals surface area (Å²) in [6, 6.07) is 10.1. The largest absolute Gasteiger partial charge is 0.197 e. The zero-order valence-electron chi connectivity index (χ0n) is 8.13. The standard InChI is InChI=1S/C12H12ClN/c1-2-9-7-12(9,8-14)10-5-3-4-6-11(10)13/h3-6,9H,2,7H2,1H3. The number of halogens is 1. The van der Waals surface area contributed by atoms with Crippen LogP contribution in [0, 0.1) is 17.2 Å². The maximum Gasteiger partial charge on any atom is 0.0868 e. The molecular formula is C12H12ClN. The molecule has 2 unspecified atom stereocenters. The van der Waals surface area contributed by atoms with Gasteiger partial charge in [0.1, 0.15) is 0 Å². The lowest BCUT2D eigenvalue weighted by Gasteiger charge is -2.09. The molecule has 0 N–H and O–H groups in total. The van der Waals surface area contributed by atoms with E-state index in [0.29, 0.717) is 5.92 Å². The summed E-state index contributed by atoms with van der Waals surface area (Å²) in [7, 11) is 0.